The van der Waals surface area contributed by atoms with Crippen molar-refractivity contribution in [2.75, 3.05) is 20.3 Å². The van der Waals surface area contributed by atoms with Crippen molar-refractivity contribution in [2.45, 2.75) is 24.9 Å². The van der Waals surface area contributed by atoms with Crippen LogP contribution in [-0.2, 0) is 16.1 Å². The number of rotatable bonds is 3. The Labute approximate surface area is 106 Å². The van der Waals surface area contributed by atoms with E-state index in [2.05, 4.69) is 0 Å². The minimum absolute atomic E-state index is 0.00470. The Morgan fingerprint density at radius 1 is 1.33 bits per heavy atom. The van der Waals surface area contributed by atoms with Crippen molar-refractivity contribution in [3.63, 3.8) is 0 Å². The maximum absolute atomic E-state index is 12.0. The lowest BCUT2D eigenvalue weighted by Crippen LogP contribution is -2.50. The molecule has 0 atom stereocenters. The highest BCUT2D eigenvalue weighted by Gasteiger charge is 2.52. The normalized spacial score (nSPS) is 21.2. The van der Waals surface area contributed by atoms with Crippen LogP contribution in [0.25, 0.3) is 0 Å². The van der Waals surface area contributed by atoms with Crippen molar-refractivity contribution in [1.29, 1.82) is 0 Å². The molecule has 0 N–H and O–H groups in total. The minimum atomic E-state index is -0.00470. The summed E-state index contributed by atoms with van der Waals surface area (Å²) in [6.45, 7) is 1.58. The first-order chi connectivity index (χ1) is 8.73. The van der Waals surface area contributed by atoms with E-state index in [0.29, 0.717) is 13.2 Å². The molecule has 1 saturated carbocycles. The number of amides is 1. The Bertz CT molecular complexity index is 451. The molecule has 96 valence electrons. The van der Waals surface area contributed by atoms with Crippen molar-refractivity contribution < 1.29 is 14.3 Å². The van der Waals surface area contributed by atoms with E-state index in [1.54, 1.807) is 7.11 Å². The van der Waals surface area contributed by atoms with E-state index in [-0.39, 0.29) is 18.1 Å². The van der Waals surface area contributed by atoms with Gasteiger partial charge in [-0.05, 0) is 30.5 Å². The Kier molecular flexibility index (Phi) is 2.74. The van der Waals surface area contributed by atoms with Gasteiger partial charge in [0, 0.05) is 6.54 Å². The van der Waals surface area contributed by atoms with E-state index in [9.17, 15) is 4.79 Å². The van der Waals surface area contributed by atoms with Crippen LogP contribution in [0.4, 0.5) is 0 Å². The molecule has 1 aromatic rings. The number of methoxy groups -OCH3 is 1. The molecule has 1 aromatic carbocycles. The van der Waals surface area contributed by atoms with Gasteiger partial charge in [0.15, 0.2) is 0 Å². The summed E-state index contributed by atoms with van der Waals surface area (Å²) >= 11 is 0. The zero-order chi connectivity index (χ0) is 12.6. The molecular weight excluding hydrogens is 230 g/mol. The molecule has 0 bridgehead atoms. The Morgan fingerprint density at radius 2 is 2.06 bits per heavy atom. The Balaban J connectivity index is 1.75. The number of morpholine rings is 1. The van der Waals surface area contributed by atoms with E-state index in [4.69, 9.17) is 9.47 Å². The summed E-state index contributed by atoms with van der Waals surface area (Å²) in [4.78, 5) is 13.9. The summed E-state index contributed by atoms with van der Waals surface area (Å²) in [7, 11) is 1.65. The van der Waals surface area contributed by atoms with Gasteiger partial charge >= 0.3 is 0 Å². The number of hydrogen-bond donors (Lipinski definition) is 0. The molecule has 1 amide bonds. The van der Waals surface area contributed by atoms with Crippen LogP contribution < -0.4 is 4.74 Å². The van der Waals surface area contributed by atoms with Crippen molar-refractivity contribution in [3.05, 3.63) is 29.8 Å². The molecule has 0 aromatic heterocycles. The lowest BCUT2D eigenvalue weighted by molar-refractivity contribution is -0.151. The second-order valence-corrected chi connectivity index (χ2v) is 5.05. The van der Waals surface area contributed by atoms with Crippen LogP contribution >= 0.6 is 0 Å². The van der Waals surface area contributed by atoms with Gasteiger partial charge in [0.1, 0.15) is 12.4 Å². The molecule has 1 aliphatic heterocycles. The van der Waals surface area contributed by atoms with Crippen LogP contribution in [0, 0.1) is 0 Å². The van der Waals surface area contributed by atoms with Crippen LogP contribution in [-0.4, -0.2) is 36.7 Å². The van der Waals surface area contributed by atoms with E-state index in [0.717, 1.165) is 24.2 Å². The predicted molar refractivity (Wildman–Crippen MR) is 66.3 cm³/mol. The SMILES string of the molecule is COc1ccc(CN2C(=O)COCC23CC3)cc1. The Morgan fingerprint density at radius 3 is 2.67 bits per heavy atom. The maximum Gasteiger partial charge on any atom is 0.249 e. The molecule has 4 nitrogen and oxygen atoms in total. The molecular formula is C14H17NO3. The minimum Gasteiger partial charge on any atom is -0.497 e. The number of carbonyl (C=O) groups is 1. The predicted octanol–water partition coefficient (Wildman–Crippen LogP) is 1.59. The van der Waals surface area contributed by atoms with Gasteiger partial charge in [-0.3, -0.25) is 4.79 Å². The molecule has 4 heteroatoms. The number of carbonyl (C=O) groups excluding carboxylic acids is 1. The number of hydrogen-bond acceptors (Lipinski definition) is 3. The van der Waals surface area contributed by atoms with Crippen LogP contribution in [0.5, 0.6) is 5.75 Å². The van der Waals surface area contributed by atoms with E-state index in [1.165, 1.54) is 0 Å². The molecule has 1 heterocycles. The first kappa shape index (κ1) is 11.5. The van der Waals surface area contributed by atoms with Gasteiger partial charge < -0.3 is 14.4 Å². The summed E-state index contributed by atoms with van der Waals surface area (Å²) in [6.07, 6.45) is 2.13. The third kappa shape index (κ3) is 1.97. The summed E-state index contributed by atoms with van der Waals surface area (Å²) in [5, 5.41) is 0. The van der Waals surface area contributed by atoms with Crippen molar-refractivity contribution in [1.82, 2.24) is 4.90 Å². The second-order valence-electron chi connectivity index (χ2n) is 5.05. The average Bonchev–Trinajstić information content (AvgIpc) is 3.16. The highest BCUT2D eigenvalue weighted by atomic mass is 16.5. The van der Waals surface area contributed by atoms with E-state index in [1.807, 2.05) is 29.2 Å². The lowest BCUT2D eigenvalue weighted by atomic mass is 10.1. The van der Waals surface area contributed by atoms with E-state index >= 15 is 0 Å². The summed E-state index contributed by atoms with van der Waals surface area (Å²) in [6, 6.07) is 7.88. The first-order valence-corrected chi connectivity index (χ1v) is 6.25. The van der Waals surface area contributed by atoms with Gasteiger partial charge in [-0.2, -0.15) is 0 Å². The summed E-state index contributed by atoms with van der Waals surface area (Å²) in [5.74, 6) is 0.947. The molecule has 2 aliphatic rings. The molecule has 18 heavy (non-hydrogen) atoms. The second kappa shape index (κ2) is 4.28. The number of benzene rings is 1. The van der Waals surface area contributed by atoms with Crippen molar-refractivity contribution in [2.24, 2.45) is 0 Å². The van der Waals surface area contributed by atoms with Crippen molar-refractivity contribution >= 4 is 5.91 Å². The zero-order valence-electron chi connectivity index (χ0n) is 10.5. The van der Waals surface area contributed by atoms with E-state index < -0.39 is 0 Å². The third-order valence-corrected chi connectivity index (χ3v) is 3.80. The van der Waals surface area contributed by atoms with Gasteiger partial charge in [0.2, 0.25) is 5.91 Å². The average molecular weight is 247 g/mol. The van der Waals surface area contributed by atoms with Crippen LogP contribution in [0.15, 0.2) is 24.3 Å². The van der Waals surface area contributed by atoms with Crippen molar-refractivity contribution in [3.8, 4) is 5.75 Å². The standard InChI is InChI=1S/C14H17NO3/c1-17-12-4-2-11(3-5-12)8-15-13(16)9-18-10-14(15)6-7-14/h2-5H,6-10H2,1H3. The fraction of sp³-hybridized carbons (Fsp3) is 0.500. The summed E-state index contributed by atoms with van der Waals surface area (Å²) in [5.41, 5.74) is 1.13. The Hall–Kier alpha value is -1.55. The highest BCUT2D eigenvalue weighted by Crippen LogP contribution is 2.44. The fourth-order valence-corrected chi connectivity index (χ4v) is 2.48. The quantitative estimate of drug-likeness (QED) is 0.814. The molecule has 1 saturated heterocycles. The summed E-state index contributed by atoms with van der Waals surface area (Å²) < 4.78 is 10.5. The van der Waals surface area contributed by atoms with Gasteiger partial charge in [-0.25, -0.2) is 0 Å². The van der Waals surface area contributed by atoms with Crippen LogP contribution in [0.3, 0.4) is 0 Å². The van der Waals surface area contributed by atoms with Crippen LogP contribution in [0.1, 0.15) is 18.4 Å². The fourth-order valence-electron chi connectivity index (χ4n) is 2.48. The smallest absolute Gasteiger partial charge is 0.249 e. The molecule has 0 radical (unpaired) electrons. The van der Waals surface area contributed by atoms with Gasteiger partial charge in [0.05, 0.1) is 19.3 Å². The molecule has 1 aliphatic carbocycles. The lowest BCUT2D eigenvalue weighted by Gasteiger charge is -2.36. The molecule has 3 rings (SSSR count). The van der Waals surface area contributed by atoms with Gasteiger partial charge in [0.25, 0.3) is 0 Å². The monoisotopic (exact) mass is 247 g/mol. The number of ether oxygens (including phenoxy) is 2. The van der Waals surface area contributed by atoms with Gasteiger partial charge in [-0.1, -0.05) is 12.1 Å². The molecule has 0 unspecified atom stereocenters. The van der Waals surface area contributed by atoms with Crippen LogP contribution in [0.2, 0.25) is 0 Å². The maximum atomic E-state index is 12.0. The van der Waals surface area contributed by atoms with Gasteiger partial charge in [-0.15, -0.1) is 0 Å². The highest BCUT2D eigenvalue weighted by molar-refractivity contribution is 5.79. The topological polar surface area (TPSA) is 38.8 Å². The third-order valence-electron chi connectivity index (χ3n) is 3.80. The largest absolute Gasteiger partial charge is 0.497 e. The molecule has 2 fully saturated rings. The zero-order valence-corrected chi connectivity index (χ0v) is 10.5. The first-order valence-electron chi connectivity index (χ1n) is 6.25. The molecule has 1 spiro atoms. The number of nitrogens with zero attached hydrogens (tertiary/aromatic N) is 1.